The van der Waals surface area contributed by atoms with E-state index in [0.717, 1.165) is 11.1 Å². The summed E-state index contributed by atoms with van der Waals surface area (Å²) in [6.45, 7) is 0. The van der Waals surface area contributed by atoms with E-state index in [2.05, 4.69) is 10.2 Å². The highest BCUT2D eigenvalue weighted by Gasteiger charge is 2.14. The van der Waals surface area contributed by atoms with Crippen LogP contribution in [0.3, 0.4) is 0 Å². The van der Waals surface area contributed by atoms with E-state index in [1.54, 1.807) is 24.3 Å². The van der Waals surface area contributed by atoms with Crippen molar-refractivity contribution in [1.29, 1.82) is 0 Å². The lowest BCUT2D eigenvalue weighted by molar-refractivity contribution is 1.09. The van der Waals surface area contributed by atoms with Crippen LogP contribution in [0.1, 0.15) is 5.56 Å². The van der Waals surface area contributed by atoms with Crippen molar-refractivity contribution in [2.75, 3.05) is 0 Å². The Kier molecular flexibility index (Phi) is 3.84. The van der Waals surface area contributed by atoms with E-state index in [1.165, 1.54) is 15.7 Å². The maximum absolute atomic E-state index is 12.8. The van der Waals surface area contributed by atoms with Gasteiger partial charge in [-0.1, -0.05) is 52.7 Å². The first-order valence-corrected chi connectivity index (χ1v) is 8.61. The topological polar surface area (TPSA) is 47.3 Å². The van der Waals surface area contributed by atoms with Crippen LogP contribution in [0.15, 0.2) is 53.3 Å². The SMILES string of the molecule is O=c1/c(=C/c2ccccc2Cl)sc2nnc(-c3ccc(Cl)cc3)n12. The van der Waals surface area contributed by atoms with Crippen LogP contribution in [0, 0.1) is 0 Å². The van der Waals surface area contributed by atoms with Crippen molar-refractivity contribution >= 4 is 45.6 Å². The predicted molar refractivity (Wildman–Crippen MR) is 97.8 cm³/mol. The molecule has 0 radical (unpaired) electrons. The summed E-state index contributed by atoms with van der Waals surface area (Å²) < 4.78 is 2.07. The minimum absolute atomic E-state index is 0.162. The zero-order valence-corrected chi connectivity index (χ0v) is 14.4. The van der Waals surface area contributed by atoms with Gasteiger partial charge in [-0.05, 0) is 42.0 Å². The summed E-state index contributed by atoms with van der Waals surface area (Å²) in [6.07, 6.45) is 1.77. The monoisotopic (exact) mass is 373 g/mol. The number of nitrogens with zero attached hydrogens (tertiary/aromatic N) is 3. The Morgan fingerprint density at radius 3 is 2.50 bits per heavy atom. The molecule has 2 aromatic carbocycles. The third-order valence-electron chi connectivity index (χ3n) is 3.54. The first-order chi connectivity index (χ1) is 11.6. The number of benzene rings is 2. The average Bonchev–Trinajstić information content (AvgIpc) is 3.12. The van der Waals surface area contributed by atoms with E-state index in [0.29, 0.717) is 25.4 Å². The van der Waals surface area contributed by atoms with Gasteiger partial charge in [0.2, 0.25) is 4.96 Å². The number of halogens is 2. The van der Waals surface area contributed by atoms with Gasteiger partial charge in [-0.15, -0.1) is 10.2 Å². The third-order valence-corrected chi connectivity index (χ3v) is 5.10. The molecule has 0 aliphatic carbocycles. The second-order valence-electron chi connectivity index (χ2n) is 5.09. The van der Waals surface area contributed by atoms with Gasteiger partial charge in [0.15, 0.2) is 5.82 Å². The largest absolute Gasteiger partial charge is 0.276 e. The number of fused-ring (bicyclic) bond motifs is 1. The second kappa shape index (κ2) is 6.02. The lowest BCUT2D eigenvalue weighted by Gasteiger charge is -1.97. The molecule has 7 heteroatoms. The predicted octanol–water partition coefficient (Wildman–Crippen LogP) is 3.67. The Morgan fingerprint density at radius 2 is 1.75 bits per heavy atom. The molecule has 0 N–H and O–H groups in total. The van der Waals surface area contributed by atoms with Gasteiger partial charge in [0, 0.05) is 15.6 Å². The zero-order valence-electron chi connectivity index (χ0n) is 12.1. The van der Waals surface area contributed by atoms with Crippen LogP contribution >= 0.6 is 34.5 Å². The molecule has 0 aliphatic rings. The third kappa shape index (κ3) is 2.60. The first kappa shape index (κ1) is 15.3. The Morgan fingerprint density at radius 1 is 1.00 bits per heavy atom. The number of thiazole rings is 1. The van der Waals surface area contributed by atoms with Crippen LogP contribution in [0.2, 0.25) is 10.0 Å². The normalized spacial score (nSPS) is 12.2. The van der Waals surface area contributed by atoms with Crippen molar-refractivity contribution in [3.63, 3.8) is 0 Å². The molecule has 4 rings (SSSR count). The molecule has 24 heavy (non-hydrogen) atoms. The quantitative estimate of drug-likeness (QED) is 0.538. The van der Waals surface area contributed by atoms with E-state index in [1.807, 2.05) is 30.3 Å². The fourth-order valence-electron chi connectivity index (χ4n) is 2.38. The summed E-state index contributed by atoms with van der Waals surface area (Å²) >= 11 is 13.4. The Bertz CT molecular complexity index is 1150. The number of hydrogen-bond acceptors (Lipinski definition) is 4. The van der Waals surface area contributed by atoms with Gasteiger partial charge in [0.25, 0.3) is 5.56 Å². The molecule has 0 spiro atoms. The molecule has 0 fully saturated rings. The summed E-state index contributed by atoms with van der Waals surface area (Å²) in [4.78, 5) is 13.3. The van der Waals surface area contributed by atoms with Crippen molar-refractivity contribution in [2.45, 2.75) is 0 Å². The lowest BCUT2D eigenvalue weighted by Crippen LogP contribution is -2.23. The standard InChI is InChI=1S/C17H9Cl2N3OS/c18-12-7-5-10(6-8-12)15-20-21-17-22(15)16(23)14(24-17)9-11-3-1-2-4-13(11)19/h1-9H/b14-9-. The molecule has 0 atom stereocenters. The maximum Gasteiger partial charge on any atom is 0.276 e. The highest BCUT2D eigenvalue weighted by atomic mass is 35.5. The molecule has 0 saturated heterocycles. The second-order valence-corrected chi connectivity index (χ2v) is 6.94. The first-order valence-electron chi connectivity index (χ1n) is 7.03. The van der Waals surface area contributed by atoms with Crippen LogP contribution in [0.4, 0.5) is 0 Å². The molecular weight excluding hydrogens is 365 g/mol. The van der Waals surface area contributed by atoms with Crippen LogP contribution < -0.4 is 10.1 Å². The van der Waals surface area contributed by atoms with Crippen LogP contribution in [-0.2, 0) is 0 Å². The Balaban J connectivity index is 1.93. The highest BCUT2D eigenvalue weighted by Crippen LogP contribution is 2.20. The molecule has 4 nitrogen and oxygen atoms in total. The maximum atomic E-state index is 12.8. The summed E-state index contributed by atoms with van der Waals surface area (Å²) in [5.41, 5.74) is 1.41. The molecule has 4 aromatic rings. The van der Waals surface area contributed by atoms with E-state index < -0.39 is 0 Å². The van der Waals surface area contributed by atoms with Crippen molar-refractivity contribution in [2.24, 2.45) is 0 Å². The fourth-order valence-corrected chi connectivity index (χ4v) is 3.60. The van der Waals surface area contributed by atoms with Crippen LogP contribution in [0.5, 0.6) is 0 Å². The lowest BCUT2D eigenvalue weighted by atomic mass is 10.2. The molecule has 0 unspecified atom stereocenters. The van der Waals surface area contributed by atoms with Crippen LogP contribution in [-0.4, -0.2) is 14.6 Å². The molecule has 0 amide bonds. The fraction of sp³-hybridized carbons (Fsp3) is 0. The van der Waals surface area contributed by atoms with E-state index in [4.69, 9.17) is 23.2 Å². The number of rotatable bonds is 2. The summed E-state index contributed by atoms with van der Waals surface area (Å²) in [7, 11) is 0. The van der Waals surface area contributed by atoms with Gasteiger partial charge < -0.3 is 0 Å². The molecule has 118 valence electrons. The summed E-state index contributed by atoms with van der Waals surface area (Å²) in [5.74, 6) is 0.502. The summed E-state index contributed by atoms with van der Waals surface area (Å²) in [5, 5.41) is 9.45. The van der Waals surface area contributed by atoms with Gasteiger partial charge >= 0.3 is 0 Å². The zero-order chi connectivity index (χ0) is 16.7. The minimum atomic E-state index is -0.162. The molecule has 2 aromatic heterocycles. The van der Waals surface area contributed by atoms with Crippen LogP contribution in [0.25, 0.3) is 22.4 Å². The number of hydrogen-bond donors (Lipinski definition) is 0. The smallest absolute Gasteiger partial charge is 0.267 e. The molecule has 0 saturated carbocycles. The average molecular weight is 374 g/mol. The van der Waals surface area contributed by atoms with Crippen molar-refractivity contribution in [3.8, 4) is 11.4 Å². The minimum Gasteiger partial charge on any atom is -0.267 e. The molecule has 0 aliphatic heterocycles. The van der Waals surface area contributed by atoms with Gasteiger partial charge in [-0.2, -0.15) is 0 Å². The molecule has 2 heterocycles. The Labute approximate surface area is 150 Å². The van der Waals surface area contributed by atoms with Gasteiger partial charge in [0.05, 0.1) is 4.53 Å². The molecular formula is C17H9Cl2N3OS. The van der Waals surface area contributed by atoms with Crippen molar-refractivity contribution in [1.82, 2.24) is 14.6 Å². The van der Waals surface area contributed by atoms with E-state index in [-0.39, 0.29) is 5.56 Å². The van der Waals surface area contributed by atoms with Gasteiger partial charge in [0.1, 0.15) is 0 Å². The van der Waals surface area contributed by atoms with E-state index in [9.17, 15) is 4.79 Å². The Hall–Kier alpha value is -2.21. The summed E-state index contributed by atoms with van der Waals surface area (Å²) in [6, 6.07) is 14.5. The van der Waals surface area contributed by atoms with Crippen molar-refractivity contribution < 1.29 is 0 Å². The molecule has 0 bridgehead atoms. The highest BCUT2D eigenvalue weighted by molar-refractivity contribution is 7.15. The number of aromatic nitrogens is 3. The van der Waals surface area contributed by atoms with Gasteiger partial charge in [-0.25, -0.2) is 4.40 Å². The van der Waals surface area contributed by atoms with E-state index >= 15 is 0 Å². The van der Waals surface area contributed by atoms with Gasteiger partial charge in [-0.3, -0.25) is 4.79 Å². The van der Waals surface area contributed by atoms with Crippen molar-refractivity contribution in [3.05, 3.63) is 79.0 Å².